The summed E-state index contributed by atoms with van der Waals surface area (Å²) in [5, 5.41) is 12.6. The molecule has 0 amide bonds. The van der Waals surface area contributed by atoms with E-state index in [0.29, 0.717) is 0 Å². The summed E-state index contributed by atoms with van der Waals surface area (Å²) >= 11 is 0. The SMILES string of the molecule is c1cc(-c2nc3ccccc3c3c2ccc2c4ccccc4oc23)cc(-c2cc3ccccc3c3c2oc2ccc4ccccc4c23)c1. The van der Waals surface area contributed by atoms with Crippen molar-refractivity contribution in [1.29, 1.82) is 0 Å². The van der Waals surface area contributed by atoms with Gasteiger partial charge < -0.3 is 8.83 Å². The van der Waals surface area contributed by atoms with E-state index in [2.05, 4.69) is 140 Å². The maximum absolute atomic E-state index is 6.78. The quantitative estimate of drug-likeness (QED) is 0.183. The number of hydrogen-bond donors (Lipinski definition) is 0. The van der Waals surface area contributed by atoms with E-state index in [1.54, 1.807) is 0 Å². The summed E-state index contributed by atoms with van der Waals surface area (Å²) in [4.78, 5) is 5.29. The van der Waals surface area contributed by atoms with Crippen LogP contribution in [-0.4, -0.2) is 4.98 Å². The Hall–Kier alpha value is -6.45. The molecule has 0 saturated heterocycles. The molecule has 0 fully saturated rings. The molecule has 0 aliphatic carbocycles. The molecule has 3 aromatic heterocycles. The molecule has 0 aliphatic heterocycles. The summed E-state index contributed by atoms with van der Waals surface area (Å²) in [6.07, 6.45) is 0. The highest BCUT2D eigenvalue weighted by Crippen LogP contribution is 2.45. The fraction of sp³-hybridized carbons (Fsp3) is 0. The van der Waals surface area contributed by atoms with E-state index in [1.165, 1.54) is 21.5 Å². The lowest BCUT2D eigenvalue weighted by Crippen LogP contribution is -1.91. The lowest BCUT2D eigenvalue weighted by atomic mass is 9.93. The Balaban J connectivity index is 1.21. The fourth-order valence-corrected chi connectivity index (χ4v) is 7.87. The minimum atomic E-state index is 0.892. The Morgan fingerprint density at radius 2 is 1.06 bits per heavy atom. The van der Waals surface area contributed by atoms with Crippen LogP contribution < -0.4 is 0 Å². The molecule has 3 heterocycles. The average molecular weight is 612 g/mol. The van der Waals surface area contributed by atoms with E-state index in [4.69, 9.17) is 13.8 Å². The van der Waals surface area contributed by atoms with Crippen LogP contribution in [0.2, 0.25) is 0 Å². The lowest BCUT2D eigenvalue weighted by Gasteiger charge is -2.12. The minimum absolute atomic E-state index is 0.892. The zero-order chi connectivity index (χ0) is 31.3. The van der Waals surface area contributed by atoms with Crippen LogP contribution in [0.1, 0.15) is 0 Å². The second-order valence-corrected chi connectivity index (χ2v) is 12.6. The van der Waals surface area contributed by atoms with Crippen molar-refractivity contribution in [2.45, 2.75) is 0 Å². The summed E-state index contributed by atoms with van der Waals surface area (Å²) in [5.41, 5.74) is 8.65. The number of pyridine rings is 1. The summed E-state index contributed by atoms with van der Waals surface area (Å²) in [7, 11) is 0. The molecule has 0 N–H and O–H groups in total. The van der Waals surface area contributed by atoms with Crippen molar-refractivity contribution < 1.29 is 8.83 Å². The first-order valence-corrected chi connectivity index (χ1v) is 16.3. The van der Waals surface area contributed by atoms with Crippen molar-refractivity contribution in [1.82, 2.24) is 4.98 Å². The third kappa shape index (κ3) is 3.50. The normalized spacial score (nSPS) is 12.2. The van der Waals surface area contributed by atoms with Gasteiger partial charge in [-0.2, -0.15) is 0 Å². The first kappa shape index (κ1) is 25.7. The van der Waals surface area contributed by atoms with Crippen LogP contribution in [0, 0.1) is 0 Å². The van der Waals surface area contributed by atoms with Crippen LogP contribution in [0.4, 0.5) is 0 Å². The largest absolute Gasteiger partial charge is 0.455 e. The number of fused-ring (bicyclic) bond motifs is 14. The van der Waals surface area contributed by atoms with Gasteiger partial charge in [-0.25, -0.2) is 4.98 Å². The van der Waals surface area contributed by atoms with Crippen molar-refractivity contribution in [2.24, 2.45) is 0 Å². The van der Waals surface area contributed by atoms with Crippen molar-refractivity contribution in [3.63, 3.8) is 0 Å². The standard InChI is InChI=1S/C45H25NO2/c1-3-14-30-26(10-1)20-23-39-41(30)42-31-15-4-2-11-28(31)25-36(45(42)48-39)27-12-9-13-29(24-27)43-35-22-21-33-32-16-6-8-19-38(32)47-44(33)40(35)34-17-5-7-18-37(34)46-43/h1-25H. The molecule has 11 aromatic rings. The predicted molar refractivity (Wildman–Crippen MR) is 200 cm³/mol. The number of aromatic nitrogens is 1. The van der Waals surface area contributed by atoms with Gasteiger partial charge in [0.2, 0.25) is 0 Å². The molecule has 222 valence electrons. The van der Waals surface area contributed by atoms with Gasteiger partial charge in [0, 0.05) is 48.8 Å². The Morgan fingerprint density at radius 1 is 0.375 bits per heavy atom. The highest BCUT2D eigenvalue weighted by atomic mass is 16.3. The molecule has 48 heavy (non-hydrogen) atoms. The van der Waals surface area contributed by atoms with Gasteiger partial charge in [-0.1, -0.05) is 115 Å². The van der Waals surface area contributed by atoms with Gasteiger partial charge in [0.25, 0.3) is 0 Å². The Kier molecular flexibility index (Phi) is 5.11. The third-order valence-corrected chi connectivity index (χ3v) is 10.0. The topological polar surface area (TPSA) is 39.2 Å². The first-order chi connectivity index (χ1) is 23.8. The van der Waals surface area contributed by atoms with Gasteiger partial charge in [-0.3, -0.25) is 0 Å². The Labute approximate surface area is 274 Å². The second kappa shape index (κ2) is 9.54. The molecule has 0 spiro atoms. The number of benzene rings is 8. The van der Waals surface area contributed by atoms with Crippen LogP contribution in [0.25, 0.3) is 109 Å². The molecular formula is C45H25NO2. The van der Waals surface area contributed by atoms with Crippen molar-refractivity contribution in [3.05, 3.63) is 152 Å². The summed E-state index contributed by atoms with van der Waals surface area (Å²) in [6, 6.07) is 53.5. The molecule has 0 unspecified atom stereocenters. The van der Waals surface area contributed by atoms with Gasteiger partial charge in [0.05, 0.1) is 11.2 Å². The summed E-state index contributed by atoms with van der Waals surface area (Å²) < 4.78 is 13.3. The molecule has 11 rings (SSSR count). The van der Waals surface area contributed by atoms with E-state index in [9.17, 15) is 0 Å². The molecule has 0 atom stereocenters. The van der Waals surface area contributed by atoms with Gasteiger partial charge >= 0.3 is 0 Å². The smallest absolute Gasteiger partial charge is 0.144 e. The number of hydrogen-bond acceptors (Lipinski definition) is 3. The van der Waals surface area contributed by atoms with E-state index >= 15 is 0 Å². The highest BCUT2D eigenvalue weighted by Gasteiger charge is 2.20. The fourth-order valence-electron chi connectivity index (χ4n) is 7.87. The van der Waals surface area contributed by atoms with Crippen LogP contribution in [0.5, 0.6) is 0 Å². The number of furan rings is 2. The number of nitrogens with zero attached hydrogens (tertiary/aromatic N) is 1. The molecule has 0 saturated carbocycles. The lowest BCUT2D eigenvalue weighted by molar-refractivity contribution is 0.670. The molecule has 0 radical (unpaired) electrons. The van der Waals surface area contributed by atoms with Gasteiger partial charge in [-0.05, 0) is 63.5 Å². The van der Waals surface area contributed by atoms with Crippen LogP contribution in [-0.2, 0) is 0 Å². The van der Waals surface area contributed by atoms with Gasteiger partial charge in [0.15, 0.2) is 0 Å². The molecular weight excluding hydrogens is 587 g/mol. The Bertz CT molecular complexity index is 3130. The van der Waals surface area contributed by atoms with Crippen LogP contribution in [0.3, 0.4) is 0 Å². The minimum Gasteiger partial charge on any atom is -0.455 e. The summed E-state index contributed by atoms with van der Waals surface area (Å²) in [6.45, 7) is 0. The maximum atomic E-state index is 6.78. The van der Waals surface area contributed by atoms with E-state index in [0.717, 1.165) is 87.9 Å². The van der Waals surface area contributed by atoms with Crippen molar-refractivity contribution >= 4 is 87.1 Å². The molecule has 3 heteroatoms. The van der Waals surface area contributed by atoms with E-state index < -0.39 is 0 Å². The van der Waals surface area contributed by atoms with E-state index in [-0.39, 0.29) is 0 Å². The van der Waals surface area contributed by atoms with Gasteiger partial charge in [0.1, 0.15) is 22.3 Å². The Morgan fingerprint density at radius 3 is 1.96 bits per heavy atom. The van der Waals surface area contributed by atoms with Crippen molar-refractivity contribution in [3.8, 4) is 22.4 Å². The predicted octanol–water partition coefficient (Wildman–Crippen LogP) is 12.8. The second-order valence-electron chi connectivity index (χ2n) is 12.6. The summed E-state index contributed by atoms with van der Waals surface area (Å²) in [5.74, 6) is 0. The zero-order valence-electron chi connectivity index (χ0n) is 25.7. The zero-order valence-corrected chi connectivity index (χ0v) is 25.7. The van der Waals surface area contributed by atoms with Gasteiger partial charge in [-0.15, -0.1) is 0 Å². The van der Waals surface area contributed by atoms with Crippen LogP contribution >= 0.6 is 0 Å². The van der Waals surface area contributed by atoms with Crippen molar-refractivity contribution in [2.75, 3.05) is 0 Å². The molecule has 0 aliphatic rings. The average Bonchev–Trinajstić information content (AvgIpc) is 3.74. The first-order valence-electron chi connectivity index (χ1n) is 16.3. The third-order valence-electron chi connectivity index (χ3n) is 10.0. The maximum Gasteiger partial charge on any atom is 0.144 e. The van der Waals surface area contributed by atoms with E-state index in [1.807, 2.05) is 12.1 Å². The molecule has 3 nitrogen and oxygen atoms in total. The number of rotatable bonds is 2. The monoisotopic (exact) mass is 611 g/mol. The highest BCUT2D eigenvalue weighted by molar-refractivity contribution is 6.29. The molecule has 8 aromatic carbocycles. The molecule has 0 bridgehead atoms. The van der Waals surface area contributed by atoms with Crippen LogP contribution in [0.15, 0.2) is 160 Å². The number of para-hydroxylation sites is 2.